The minimum atomic E-state index is -0.753. The van der Waals surface area contributed by atoms with Crippen molar-refractivity contribution in [3.8, 4) is 0 Å². The maximum atomic E-state index is 12.1. The normalized spacial score (nSPS) is 10.6. The molecule has 1 aromatic heterocycles. The van der Waals surface area contributed by atoms with E-state index >= 15 is 0 Å². The molecule has 2 nitrogen and oxygen atoms in total. The monoisotopic (exact) mass is 164 g/mol. The predicted octanol–water partition coefficient (Wildman–Crippen LogP) is 0.777. The number of benzene rings is 1. The molecule has 0 saturated carbocycles. The molecule has 0 aliphatic rings. The largest absolute Gasteiger partial charge is 0.376 e. The summed E-state index contributed by atoms with van der Waals surface area (Å²) in [5.41, 5.74) is 2.14. The molecule has 0 spiro atoms. The van der Waals surface area contributed by atoms with Crippen LogP contribution < -0.4 is 5.45 Å². The zero-order valence-electron chi connectivity index (χ0n) is 5.63. The Balaban J connectivity index is 2.69. The topological polar surface area (TPSA) is 28.7 Å². The van der Waals surface area contributed by atoms with Crippen molar-refractivity contribution in [2.75, 3.05) is 0 Å². The molecule has 1 heterocycles. The quantitative estimate of drug-likeness (QED) is 0.489. The molecular weight excluding hydrogens is 159 g/mol. The zero-order valence-corrected chi connectivity index (χ0v) is 6.63. The third-order valence-corrected chi connectivity index (χ3v) is 1.89. The van der Waals surface area contributed by atoms with Gasteiger partial charge in [0.1, 0.15) is 5.45 Å². The van der Waals surface area contributed by atoms with E-state index in [2.05, 4.69) is 9.97 Å². The van der Waals surface area contributed by atoms with Crippen LogP contribution in [0.3, 0.4) is 0 Å². The molecule has 0 saturated heterocycles. The lowest BCUT2D eigenvalue weighted by atomic mass is 10.3. The first-order valence-electron chi connectivity index (χ1n) is 3.21. The molecule has 0 unspecified atom stereocenters. The molecule has 0 amide bonds. The highest BCUT2D eigenvalue weighted by Crippen LogP contribution is 2.04. The van der Waals surface area contributed by atoms with E-state index in [0.717, 1.165) is 11.0 Å². The summed E-state index contributed by atoms with van der Waals surface area (Å²) in [6.45, 7) is 0. The van der Waals surface area contributed by atoms with Gasteiger partial charge in [-0.05, 0) is 12.1 Å². The minimum Gasteiger partial charge on any atom is -0.344 e. The fourth-order valence-electron chi connectivity index (χ4n) is 0.998. The molecule has 2 radical (unpaired) electrons. The van der Waals surface area contributed by atoms with Gasteiger partial charge in [0.05, 0.1) is 11.0 Å². The van der Waals surface area contributed by atoms with E-state index in [4.69, 9.17) is 0 Å². The van der Waals surface area contributed by atoms with Gasteiger partial charge >= 0.3 is 9.85 Å². The van der Waals surface area contributed by atoms with Gasteiger partial charge in [-0.3, -0.25) is 0 Å². The minimum absolute atomic E-state index is 0.422. The maximum Gasteiger partial charge on any atom is 0.376 e. The summed E-state index contributed by atoms with van der Waals surface area (Å²) in [6, 6.07) is 7.52. The van der Waals surface area contributed by atoms with Crippen LogP contribution in [0, 0.1) is 0 Å². The molecule has 1 N–H and O–H groups in total. The standard InChI is InChI=1S/C7H5FN2Si/c8-11-7-9-5-3-1-2-4-6(5)10-7/h1-4H,(H,9,10). The summed E-state index contributed by atoms with van der Waals surface area (Å²) in [5.74, 6) is 0. The molecule has 0 fully saturated rings. The second-order valence-electron chi connectivity index (χ2n) is 2.20. The lowest BCUT2D eigenvalue weighted by Crippen LogP contribution is -2.13. The second kappa shape index (κ2) is 2.47. The van der Waals surface area contributed by atoms with Crippen LogP contribution in [-0.2, 0) is 0 Å². The second-order valence-corrected chi connectivity index (χ2v) is 2.86. The van der Waals surface area contributed by atoms with Crippen molar-refractivity contribution in [2.24, 2.45) is 0 Å². The Morgan fingerprint density at radius 2 is 2.18 bits per heavy atom. The van der Waals surface area contributed by atoms with Crippen LogP contribution in [0.5, 0.6) is 0 Å². The third-order valence-electron chi connectivity index (χ3n) is 1.48. The first kappa shape index (κ1) is 6.54. The maximum absolute atomic E-state index is 12.1. The number of aromatic nitrogens is 2. The number of rotatable bonds is 1. The average molecular weight is 164 g/mol. The SMILES string of the molecule is F[Si]c1nc2ccccc2[nH]1. The van der Waals surface area contributed by atoms with Gasteiger partial charge in [0.25, 0.3) is 0 Å². The number of halogens is 1. The molecule has 0 aliphatic carbocycles. The first-order chi connectivity index (χ1) is 5.40. The number of hydrogen-bond acceptors (Lipinski definition) is 1. The highest BCUT2D eigenvalue weighted by molar-refractivity contribution is 6.44. The number of fused-ring (bicyclic) bond motifs is 1. The van der Waals surface area contributed by atoms with Crippen LogP contribution >= 0.6 is 0 Å². The number of H-pyrrole nitrogens is 1. The van der Waals surface area contributed by atoms with Crippen molar-refractivity contribution in [3.63, 3.8) is 0 Å². The van der Waals surface area contributed by atoms with E-state index in [-0.39, 0.29) is 0 Å². The molecular formula is C7H5FN2Si. The third kappa shape index (κ3) is 1.05. The summed E-state index contributed by atoms with van der Waals surface area (Å²) in [4.78, 5) is 6.88. The van der Waals surface area contributed by atoms with Crippen molar-refractivity contribution in [3.05, 3.63) is 24.3 Å². The van der Waals surface area contributed by atoms with Gasteiger partial charge in [-0.1, -0.05) is 12.1 Å². The smallest absolute Gasteiger partial charge is 0.344 e. The Kier molecular flexibility index (Phi) is 1.47. The number of para-hydroxylation sites is 2. The van der Waals surface area contributed by atoms with E-state index in [1.165, 1.54) is 0 Å². The van der Waals surface area contributed by atoms with Crippen LogP contribution in [0.15, 0.2) is 24.3 Å². The average Bonchev–Trinajstić information content (AvgIpc) is 2.46. The van der Waals surface area contributed by atoms with Gasteiger partial charge < -0.3 is 9.09 Å². The van der Waals surface area contributed by atoms with Crippen molar-refractivity contribution in [1.82, 2.24) is 9.97 Å². The summed E-state index contributed by atoms with van der Waals surface area (Å²) in [7, 11) is -0.753. The van der Waals surface area contributed by atoms with E-state index < -0.39 is 9.85 Å². The summed E-state index contributed by atoms with van der Waals surface area (Å²) in [5, 5.41) is 0. The lowest BCUT2D eigenvalue weighted by molar-refractivity contribution is 0.880. The number of hydrogen-bond donors (Lipinski definition) is 1. The van der Waals surface area contributed by atoms with E-state index in [1.807, 2.05) is 24.3 Å². The molecule has 1 aromatic carbocycles. The molecule has 2 rings (SSSR count). The molecule has 2 aromatic rings. The molecule has 0 bridgehead atoms. The number of nitrogens with one attached hydrogen (secondary N) is 1. The number of imidazole rings is 1. The highest BCUT2D eigenvalue weighted by atomic mass is 28.3. The Morgan fingerprint density at radius 3 is 2.91 bits per heavy atom. The summed E-state index contributed by atoms with van der Waals surface area (Å²) >= 11 is 0. The molecule has 54 valence electrons. The van der Waals surface area contributed by atoms with Gasteiger partial charge in [-0.15, -0.1) is 0 Å². The van der Waals surface area contributed by atoms with Gasteiger partial charge in [-0.2, -0.15) is 0 Å². The van der Waals surface area contributed by atoms with E-state index in [9.17, 15) is 4.11 Å². The summed E-state index contributed by atoms with van der Waals surface area (Å²) in [6.07, 6.45) is 0. The molecule has 4 heteroatoms. The molecule has 11 heavy (non-hydrogen) atoms. The van der Waals surface area contributed by atoms with Gasteiger partial charge in [0.2, 0.25) is 0 Å². The Hall–Kier alpha value is -1.16. The first-order valence-corrected chi connectivity index (χ1v) is 4.09. The van der Waals surface area contributed by atoms with Crippen LogP contribution in [-0.4, -0.2) is 19.8 Å². The molecule has 0 atom stereocenters. The number of nitrogens with zero attached hydrogens (tertiary/aromatic N) is 1. The van der Waals surface area contributed by atoms with Gasteiger partial charge in [0, 0.05) is 0 Å². The van der Waals surface area contributed by atoms with E-state index in [0.29, 0.717) is 5.45 Å². The number of aromatic amines is 1. The fourth-order valence-corrected chi connectivity index (χ4v) is 1.34. The zero-order chi connectivity index (χ0) is 7.68. The van der Waals surface area contributed by atoms with Crippen molar-refractivity contribution >= 4 is 26.3 Å². The Bertz CT molecular complexity index is 338. The van der Waals surface area contributed by atoms with Crippen LogP contribution in [0.2, 0.25) is 0 Å². The van der Waals surface area contributed by atoms with Crippen molar-refractivity contribution in [2.45, 2.75) is 0 Å². The van der Waals surface area contributed by atoms with Gasteiger partial charge in [-0.25, -0.2) is 4.98 Å². The fraction of sp³-hybridized carbons (Fsp3) is 0. The van der Waals surface area contributed by atoms with Gasteiger partial charge in [0.15, 0.2) is 0 Å². The van der Waals surface area contributed by atoms with E-state index in [1.54, 1.807) is 0 Å². The highest BCUT2D eigenvalue weighted by Gasteiger charge is 2.01. The molecule has 0 aliphatic heterocycles. The predicted molar refractivity (Wildman–Crippen MR) is 42.6 cm³/mol. The Morgan fingerprint density at radius 1 is 1.36 bits per heavy atom. The van der Waals surface area contributed by atoms with Crippen molar-refractivity contribution < 1.29 is 4.11 Å². The van der Waals surface area contributed by atoms with Crippen LogP contribution in [0.4, 0.5) is 4.11 Å². The van der Waals surface area contributed by atoms with Crippen LogP contribution in [0.25, 0.3) is 11.0 Å². The van der Waals surface area contributed by atoms with Crippen molar-refractivity contribution in [1.29, 1.82) is 0 Å². The Labute approximate surface area is 65.5 Å². The van der Waals surface area contributed by atoms with Crippen LogP contribution in [0.1, 0.15) is 0 Å². The lowest BCUT2D eigenvalue weighted by Gasteiger charge is -1.81. The summed E-state index contributed by atoms with van der Waals surface area (Å²) < 4.78 is 12.1.